The van der Waals surface area contributed by atoms with Gasteiger partial charge in [0.1, 0.15) is 0 Å². The van der Waals surface area contributed by atoms with Gasteiger partial charge in [-0.05, 0) is 13.3 Å². The number of hydrogen-bond acceptors (Lipinski definition) is 4. The van der Waals surface area contributed by atoms with Crippen LogP contribution in [0.4, 0.5) is 0 Å². The van der Waals surface area contributed by atoms with E-state index in [0.29, 0.717) is 45.0 Å². The molecule has 0 heterocycles. The van der Waals surface area contributed by atoms with Crippen LogP contribution in [0.2, 0.25) is 0 Å². The minimum Gasteiger partial charge on any atom is -0.478 e. The molecule has 0 aliphatic rings. The van der Waals surface area contributed by atoms with Crippen LogP contribution >= 0.6 is 0 Å². The Bertz CT molecular complexity index is 212. The van der Waals surface area contributed by atoms with Crippen molar-refractivity contribution in [2.75, 3.05) is 40.1 Å². The summed E-state index contributed by atoms with van der Waals surface area (Å²) in [5.74, 6) is -0.886. The highest BCUT2D eigenvalue weighted by atomic mass is 16.5. The zero-order valence-electron chi connectivity index (χ0n) is 9.90. The maximum Gasteiger partial charge on any atom is 0.330 e. The van der Waals surface area contributed by atoms with Crippen molar-refractivity contribution < 1.29 is 24.1 Å². The third-order valence-electron chi connectivity index (χ3n) is 1.85. The molecule has 0 saturated heterocycles. The van der Waals surface area contributed by atoms with Crippen molar-refractivity contribution in [1.82, 2.24) is 0 Å². The number of carbonyl (C=O) groups is 1. The number of methoxy groups -OCH3 is 1. The van der Waals surface area contributed by atoms with Crippen LogP contribution in [-0.2, 0) is 19.0 Å². The summed E-state index contributed by atoms with van der Waals surface area (Å²) in [7, 11) is 1.62. The fourth-order valence-electron chi connectivity index (χ4n) is 0.910. The average molecular weight is 232 g/mol. The molecule has 0 fully saturated rings. The Morgan fingerprint density at radius 2 is 1.69 bits per heavy atom. The van der Waals surface area contributed by atoms with Gasteiger partial charge in [-0.1, -0.05) is 6.08 Å². The van der Waals surface area contributed by atoms with Crippen LogP contribution in [0.3, 0.4) is 0 Å². The number of hydrogen-bond donors (Lipinski definition) is 1. The van der Waals surface area contributed by atoms with Crippen molar-refractivity contribution in [3.63, 3.8) is 0 Å². The lowest BCUT2D eigenvalue weighted by atomic mass is 10.2. The molecule has 0 atom stereocenters. The first-order valence-electron chi connectivity index (χ1n) is 5.23. The Kier molecular flexibility index (Phi) is 10.00. The highest BCUT2D eigenvalue weighted by molar-refractivity contribution is 5.85. The highest BCUT2D eigenvalue weighted by Crippen LogP contribution is 1.95. The predicted molar refractivity (Wildman–Crippen MR) is 59.5 cm³/mol. The maximum atomic E-state index is 10.4. The second kappa shape index (κ2) is 10.6. The van der Waals surface area contributed by atoms with E-state index >= 15 is 0 Å². The molecular weight excluding hydrogens is 212 g/mol. The molecule has 0 rings (SSSR count). The zero-order chi connectivity index (χ0) is 12.2. The molecule has 5 nitrogen and oxygen atoms in total. The lowest BCUT2D eigenvalue weighted by molar-refractivity contribution is -0.132. The second-order valence-electron chi connectivity index (χ2n) is 3.20. The van der Waals surface area contributed by atoms with Crippen LogP contribution in [-0.4, -0.2) is 51.2 Å². The van der Waals surface area contributed by atoms with Crippen LogP contribution in [0.1, 0.15) is 13.3 Å². The highest BCUT2D eigenvalue weighted by Gasteiger charge is 1.97. The van der Waals surface area contributed by atoms with Gasteiger partial charge in [-0.15, -0.1) is 0 Å². The third-order valence-corrected chi connectivity index (χ3v) is 1.85. The lowest BCUT2D eigenvalue weighted by Gasteiger charge is -2.04. The van der Waals surface area contributed by atoms with Gasteiger partial charge in [0.2, 0.25) is 0 Å². The molecule has 0 aliphatic heterocycles. The summed E-state index contributed by atoms with van der Waals surface area (Å²) < 4.78 is 15.2. The normalized spacial score (nSPS) is 11.8. The third kappa shape index (κ3) is 9.64. The van der Waals surface area contributed by atoms with Gasteiger partial charge in [-0.3, -0.25) is 0 Å². The zero-order valence-corrected chi connectivity index (χ0v) is 9.90. The summed E-state index contributed by atoms with van der Waals surface area (Å²) in [5.41, 5.74) is 0.347. The number of carboxylic acids is 1. The fourth-order valence-corrected chi connectivity index (χ4v) is 0.910. The first-order chi connectivity index (χ1) is 7.68. The van der Waals surface area contributed by atoms with E-state index < -0.39 is 5.97 Å². The molecular formula is C11H20O5. The van der Waals surface area contributed by atoms with Crippen LogP contribution in [0.25, 0.3) is 0 Å². The molecule has 16 heavy (non-hydrogen) atoms. The summed E-state index contributed by atoms with van der Waals surface area (Å²) in [6, 6.07) is 0. The van der Waals surface area contributed by atoms with Gasteiger partial charge < -0.3 is 19.3 Å². The molecule has 0 saturated carbocycles. The topological polar surface area (TPSA) is 65.0 Å². The molecule has 0 amide bonds. The van der Waals surface area contributed by atoms with Crippen molar-refractivity contribution in [3.05, 3.63) is 11.6 Å². The molecule has 0 aromatic carbocycles. The number of aliphatic carboxylic acids is 1. The van der Waals surface area contributed by atoms with E-state index in [1.54, 1.807) is 20.1 Å². The summed E-state index contributed by atoms with van der Waals surface area (Å²) in [6.07, 6.45) is 2.25. The quantitative estimate of drug-likeness (QED) is 0.451. The van der Waals surface area contributed by atoms with Gasteiger partial charge >= 0.3 is 5.97 Å². The summed E-state index contributed by atoms with van der Waals surface area (Å²) in [4.78, 5) is 10.4. The Hall–Kier alpha value is -0.910. The van der Waals surface area contributed by atoms with Crippen molar-refractivity contribution >= 4 is 5.97 Å². The standard InChI is InChI=1S/C11H20O5/c1-10(11(12)13)4-3-5-15-8-9-16-7-6-14-2/h4H,3,5-9H2,1-2H3,(H,12,13)/b10-4+. The molecule has 0 aliphatic carbocycles. The molecule has 0 bridgehead atoms. The number of carboxylic acid groups (broad SMARTS) is 1. The van der Waals surface area contributed by atoms with Crippen LogP contribution in [0.15, 0.2) is 11.6 Å². The predicted octanol–water partition coefficient (Wildman–Crippen LogP) is 1.09. The molecule has 0 aromatic heterocycles. The van der Waals surface area contributed by atoms with E-state index in [4.69, 9.17) is 19.3 Å². The molecule has 1 N–H and O–H groups in total. The van der Waals surface area contributed by atoms with Gasteiger partial charge in [0, 0.05) is 12.7 Å². The Labute approximate surface area is 96.0 Å². The van der Waals surface area contributed by atoms with E-state index in [2.05, 4.69) is 0 Å². The lowest BCUT2D eigenvalue weighted by Crippen LogP contribution is -2.08. The van der Waals surface area contributed by atoms with Gasteiger partial charge in [0.05, 0.1) is 33.0 Å². The van der Waals surface area contributed by atoms with E-state index in [-0.39, 0.29) is 0 Å². The average Bonchev–Trinajstić information content (AvgIpc) is 2.26. The van der Waals surface area contributed by atoms with Crippen molar-refractivity contribution in [2.45, 2.75) is 13.3 Å². The van der Waals surface area contributed by atoms with Gasteiger partial charge in [-0.2, -0.15) is 0 Å². The Balaban J connectivity index is 3.21. The van der Waals surface area contributed by atoms with Gasteiger partial charge in [0.25, 0.3) is 0 Å². The smallest absolute Gasteiger partial charge is 0.330 e. The van der Waals surface area contributed by atoms with E-state index in [9.17, 15) is 4.79 Å². The van der Waals surface area contributed by atoms with Crippen LogP contribution in [0.5, 0.6) is 0 Å². The molecule has 0 aromatic rings. The van der Waals surface area contributed by atoms with Gasteiger partial charge in [-0.25, -0.2) is 4.79 Å². The SMILES string of the molecule is COCCOCCOCC/C=C(\C)C(=O)O. The molecule has 0 radical (unpaired) electrons. The van der Waals surface area contributed by atoms with Gasteiger partial charge in [0.15, 0.2) is 0 Å². The maximum absolute atomic E-state index is 10.4. The second-order valence-corrected chi connectivity index (χ2v) is 3.20. The number of ether oxygens (including phenoxy) is 3. The van der Waals surface area contributed by atoms with E-state index in [1.807, 2.05) is 0 Å². The van der Waals surface area contributed by atoms with Crippen LogP contribution < -0.4 is 0 Å². The van der Waals surface area contributed by atoms with Crippen molar-refractivity contribution in [3.8, 4) is 0 Å². The fraction of sp³-hybridized carbons (Fsp3) is 0.727. The molecule has 0 spiro atoms. The summed E-state index contributed by atoms with van der Waals surface area (Å²) in [5, 5.41) is 8.56. The molecule has 5 heteroatoms. The largest absolute Gasteiger partial charge is 0.478 e. The summed E-state index contributed by atoms with van der Waals surface area (Å²) >= 11 is 0. The van der Waals surface area contributed by atoms with E-state index in [1.165, 1.54) is 0 Å². The van der Waals surface area contributed by atoms with Crippen LogP contribution in [0, 0.1) is 0 Å². The van der Waals surface area contributed by atoms with Crippen molar-refractivity contribution in [2.24, 2.45) is 0 Å². The Morgan fingerprint density at radius 1 is 1.12 bits per heavy atom. The monoisotopic (exact) mass is 232 g/mol. The molecule has 94 valence electrons. The molecule has 0 unspecified atom stereocenters. The Morgan fingerprint density at radius 3 is 2.25 bits per heavy atom. The first-order valence-corrected chi connectivity index (χ1v) is 5.23. The minimum absolute atomic E-state index is 0.347. The summed E-state index contributed by atoms with van der Waals surface area (Å²) in [6.45, 7) is 4.28. The first kappa shape index (κ1) is 15.1. The van der Waals surface area contributed by atoms with Crippen molar-refractivity contribution in [1.29, 1.82) is 0 Å². The van der Waals surface area contributed by atoms with E-state index in [0.717, 1.165) is 0 Å². The number of rotatable bonds is 10. The minimum atomic E-state index is -0.886.